The fourth-order valence-electron chi connectivity index (χ4n) is 2.99. The van der Waals surface area contributed by atoms with Gasteiger partial charge in [-0.05, 0) is 35.9 Å². The number of pyridine rings is 1. The van der Waals surface area contributed by atoms with Gasteiger partial charge in [0.1, 0.15) is 5.56 Å². The van der Waals surface area contributed by atoms with Gasteiger partial charge in [-0.25, -0.2) is 9.36 Å². The number of benzene rings is 1. The van der Waals surface area contributed by atoms with Crippen molar-refractivity contribution in [3.63, 3.8) is 0 Å². The van der Waals surface area contributed by atoms with E-state index in [0.717, 1.165) is 10.1 Å². The number of nitrogens with one attached hydrogen (secondary N) is 2. The molecule has 2 aromatic heterocycles. The molecule has 1 atom stereocenters. The smallest absolute Gasteiger partial charge is 0.335 e. The highest BCUT2D eigenvalue weighted by Crippen LogP contribution is 2.26. The highest BCUT2D eigenvalue weighted by Gasteiger charge is 2.27. The van der Waals surface area contributed by atoms with Gasteiger partial charge >= 0.3 is 5.69 Å². The lowest BCUT2D eigenvalue weighted by Gasteiger charge is -2.12. The number of aromatic hydroxyl groups is 1. The number of hydrogen-bond donors (Lipinski definition) is 3. The normalized spacial score (nSPS) is 16.0. The third kappa shape index (κ3) is 3.11. The van der Waals surface area contributed by atoms with Gasteiger partial charge in [0.05, 0.1) is 17.4 Å². The van der Waals surface area contributed by atoms with E-state index in [1.54, 1.807) is 42.7 Å². The number of nitrogens with zero attached hydrogens (tertiary/aromatic N) is 3. The van der Waals surface area contributed by atoms with Crippen molar-refractivity contribution >= 4 is 17.3 Å². The molecule has 136 valence electrons. The van der Waals surface area contributed by atoms with Crippen LogP contribution in [0, 0.1) is 0 Å². The Morgan fingerprint density at radius 2 is 1.96 bits per heavy atom. The predicted molar refractivity (Wildman–Crippen MR) is 101 cm³/mol. The SMILES string of the molecule is O=c1[nH]c(=O)n(-c2ccc(Cl)cc2)c(O)c1C1=NNC(c2cccnc2)C1. The zero-order valence-corrected chi connectivity index (χ0v) is 14.6. The molecule has 1 aliphatic heterocycles. The standard InChI is InChI=1S/C18H14ClN5O3/c19-11-3-5-12(6-4-11)24-17(26)15(16(25)21-18(24)27)14-8-13(22-23-14)10-2-1-7-20-9-10/h1-7,9,13,22,26H,8H2,(H,21,25,27). The molecule has 9 heteroatoms. The van der Waals surface area contributed by atoms with Crippen LogP contribution in [-0.4, -0.2) is 25.4 Å². The van der Waals surface area contributed by atoms with E-state index in [2.05, 4.69) is 20.5 Å². The molecule has 0 amide bonds. The summed E-state index contributed by atoms with van der Waals surface area (Å²) in [6.07, 6.45) is 3.73. The van der Waals surface area contributed by atoms with Crippen molar-refractivity contribution in [2.24, 2.45) is 5.10 Å². The van der Waals surface area contributed by atoms with Gasteiger partial charge in [-0.2, -0.15) is 5.10 Å². The zero-order valence-electron chi connectivity index (χ0n) is 13.9. The molecule has 3 heterocycles. The van der Waals surface area contributed by atoms with Crippen molar-refractivity contribution in [2.45, 2.75) is 12.5 Å². The van der Waals surface area contributed by atoms with Gasteiger partial charge in [0.2, 0.25) is 5.88 Å². The Hall–Kier alpha value is -3.39. The Labute approximate surface area is 157 Å². The van der Waals surface area contributed by atoms with Crippen LogP contribution in [0.25, 0.3) is 5.69 Å². The highest BCUT2D eigenvalue weighted by molar-refractivity contribution is 6.30. The van der Waals surface area contributed by atoms with Crippen molar-refractivity contribution in [1.29, 1.82) is 0 Å². The molecule has 0 bridgehead atoms. The molecule has 1 unspecified atom stereocenters. The number of hydrogen-bond acceptors (Lipinski definition) is 6. The molecule has 1 aromatic carbocycles. The molecule has 0 fully saturated rings. The summed E-state index contributed by atoms with van der Waals surface area (Å²) in [5.74, 6) is -0.474. The number of aromatic nitrogens is 3. The molecule has 3 N–H and O–H groups in total. The molecule has 0 aliphatic carbocycles. The Balaban J connectivity index is 1.76. The molecule has 3 aromatic rings. The van der Waals surface area contributed by atoms with Crippen molar-refractivity contribution in [2.75, 3.05) is 0 Å². The second-order valence-corrected chi connectivity index (χ2v) is 6.44. The van der Waals surface area contributed by atoms with E-state index >= 15 is 0 Å². The van der Waals surface area contributed by atoms with Gasteiger partial charge in [-0.15, -0.1) is 0 Å². The third-order valence-electron chi connectivity index (χ3n) is 4.30. The maximum atomic E-state index is 12.4. The zero-order chi connectivity index (χ0) is 19.0. The largest absolute Gasteiger partial charge is 0.493 e. The van der Waals surface area contributed by atoms with Crippen molar-refractivity contribution in [3.05, 3.63) is 85.8 Å². The van der Waals surface area contributed by atoms with Gasteiger partial charge in [0.15, 0.2) is 0 Å². The summed E-state index contributed by atoms with van der Waals surface area (Å²) in [6, 6.07) is 9.82. The Morgan fingerprint density at radius 3 is 2.67 bits per heavy atom. The van der Waals surface area contributed by atoms with Crippen LogP contribution in [0.1, 0.15) is 23.6 Å². The molecule has 0 radical (unpaired) electrons. The van der Waals surface area contributed by atoms with Crippen molar-refractivity contribution < 1.29 is 5.11 Å². The Kier molecular flexibility index (Phi) is 4.25. The lowest BCUT2D eigenvalue weighted by atomic mass is 10.0. The number of rotatable bonds is 3. The lowest BCUT2D eigenvalue weighted by molar-refractivity contribution is 0.429. The van der Waals surface area contributed by atoms with E-state index in [-0.39, 0.29) is 11.6 Å². The minimum absolute atomic E-state index is 0.0524. The first kappa shape index (κ1) is 17.0. The van der Waals surface area contributed by atoms with E-state index in [0.29, 0.717) is 22.8 Å². The summed E-state index contributed by atoms with van der Waals surface area (Å²) in [5, 5.41) is 15.4. The molecular formula is C18H14ClN5O3. The molecule has 0 saturated carbocycles. The van der Waals surface area contributed by atoms with E-state index in [1.807, 2.05) is 6.07 Å². The number of aromatic amines is 1. The van der Waals surface area contributed by atoms with Gasteiger partial charge in [0.25, 0.3) is 5.56 Å². The van der Waals surface area contributed by atoms with Crippen molar-refractivity contribution in [1.82, 2.24) is 20.0 Å². The van der Waals surface area contributed by atoms with E-state index in [9.17, 15) is 14.7 Å². The molecule has 0 spiro atoms. The summed E-state index contributed by atoms with van der Waals surface area (Å²) in [6.45, 7) is 0. The van der Waals surface area contributed by atoms with Crippen LogP contribution in [-0.2, 0) is 0 Å². The van der Waals surface area contributed by atoms with Gasteiger partial charge in [0, 0.05) is 23.8 Å². The third-order valence-corrected chi connectivity index (χ3v) is 4.55. The lowest BCUT2D eigenvalue weighted by Crippen LogP contribution is -2.33. The summed E-state index contributed by atoms with van der Waals surface area (Å²) in [5.41, 5.74) is 3.06. The van der Waals surface area contributed by atoms with Crippen molar-refractivity contribution in [3.8, 4) is 11.6 Å². The van der Waals surface area contributed by atoms with E-state index in [4.69, 9.17) is 11.6 Å². The van der Waals surface area contributed by atoms with Crippen LogP contribution >= 0.6 is 11.6 Å². The summed E-state index contributed by atoms with van der Waals surface area (Å²) in [4.78, 5) is 30.9. The van der Waals surface area contributed by atoms with Crippen LogP contribution in [0.3, 0.4) is 0 Å². The maximum Gasteiger partial charge on any atom is 0.335 e. The van der Waals surface area contributed by atoms with E-state index < -0.39 is 17.1 Å². The number of hydrazone groups is 1. The van der Waals surface area contributed by atoms with Crippen LogP contribution < -0.4 is 16.7 Å². The Morgan fingerprint density at radius 1 is 1.19 bits per heavy atom. The van der Waals surface area contributed by atoms with Gasteiger partial charge in [-0.1, -0.05) is 17.7 Å². The fraction of sp³-hybridized carbons (Fsp3) is 0.111. The summed E-state index contributed by atoms with van der Waals surface area (Å²) < 4.78 is 1.01. The summed E-state index contributed by atoms with van der Waals surface area (Å²) in [7, 11) is 0. The molecule has 27 heavy (non-hydrogen) atoms. The summed E-state index contributed by atoms with van der Waals surface area (Å²) >= 11 is 5.87. The maximum absolute atomic E-state index is 12.4. The minimum Gasteiger partial charge on any atom is -0.493 e. The van der Waals surface area contributed by atoms with E-state index in [1.165, 1.54) is 0 Å². The van der Waals surface area contributed by atoms with Crippen LogP contribution in [0.2, 0.25) is 5.02 Å². The predicted octanol–water partition coefficient (Wildman–Crippen LogP) is 1.72. The molecule has 0 saturated heterocycles. The molecule has 1 aliphatic rings. The Bertz CT molecular complexity index is 1140. The minimum atomic E-state index is -0.751. The first-order valence-corrected chi connectivity index (χ1v) is 8.49. The molecule has 4 rings (SSSR count). The average Bonchev–Trinajstić information content (AvgIpc) is 3.13. The number of halogens is 1. The van der Waals surface area contributed by atoms with Gasteiger partial charge < -0.3 is 10.5 Å². The number of H-pyrrole nitrogens is 1. The van der Waals surface area contributed by atoms with Crippen LogP contribution in [0.5, 0.6) is 5.88 Å². The van der Waals surface area contributed by atoms with Crippen LogP contribution in [0.4, 0.5) is 0 Å². The quantitative estimate of drug-likeness (QED) is 0.637. The first-order chi connectivity index (χ1) is 13.0. The fourth-order valence-corrected chi connectivity index (χ4v) is 3.11. The van der Waals surface area contributed by atoms with Gasteiger partial charge in [-0.3, -0.25) is 14.8 Å². The second kappa shape index (κ2) is 6.73. The molecular weight excluding hydrogens is 370 g/mol. The monoisotopic (exact) mass is 383 g/mol. The molecule has 8 nitrogen and oxygen atoms in total. The first-order valence-electron chi connectivity index (χ1n) is 8.11. The second-order valence-electron chi connectivity index (χ2n) is 6.00. The van der Waals surface area contributed by atoms with Crippen LogP contribution in [0.15, 0.2) is 63.5 Å². The topological polar surface area (TPSA) is 112 Å². The highest BCUT2D eigenvalue weighted by atomic mass is 35.5. The average molecular weight is 384 g/mol.